The number of fused-ring (bicyclic) bond motifs is 1. The van der Waals surface area contributed by atoms with Crippen LogP contribution in [0.4, 0.5) is 5.95 Å². The van der Waals surface area contributed by atoms with Gasteiger partial charge >= 0.3 is 7.60 Å². The second-order valence-corrected chi connectivity index (χ2v) is 9.63. The molecule has 1 aromatic carbocycles. The lowest BCUT2D eigenvalue weighted by Crippen LogP contribution is -2.07. The van der Waals surface area contributed by atoms with Gasteiger partial charge in [0.1, 0.15) is 22.6 Å². The molecule has 162 valence electrons. The maximum Gasteiger partial charge on any atom is 0.350 e. The number of aromatic nitrogens is 4. The summed E-state index contributed by atoms with van der Waals surface area (Å²) in [6, 6.07) is 7.70. The predicted octanol–water partition coefficient (Wildman–Crippen LogP) is 2.75. The van der Waals surface area contributed by atoms with Crippen molar-refractivity contribution in [2.75, 3.05) is 25.3 Å². The molecule has 0 unspecified atom stereocenters. The third-order valence-electron chi connectivity index (χ3n) is 3.81. The van der Waals surface area contributed by atoms with Crippen molar-refractivity contribution in [2.24, 2.45) is 5.92 Å². The van der Waals surface area contributed by atoms with Gasteiger partial charge in [0.15, 0.2) is 5.65 Å². The van der Waals surface area contributed by atoms with Crippen LogP contribution in [0.15, 0.2) is 40.5 Å². The Hall–Kier alpha value is -2.17. The average molecular weight is 453 g/mol. The number of rotatable bonds is 10. The Labute approximate surface area is 178 Å². The van der Waals surface area contributed by atoms with E-state index >= 15 is 0 Å². The van der Waals surface area contributed by atoms with Gasteiger partial charge in [0.05, 0.1) is 19.5 Å². The molecule has 0 aliphatic carbocycles. The summed E-state index contributed by atoms with van der Waals surface area (Å²) in [4.78, 5) is 31.6. The number of anilines is 1. The van der Waals surface area contributed by atoms with E-state index in [0.29, 0.717) is 35.3 Å². The standard InChI is InChI=1S/C18H24N5O5PS/c1-12(2)9-28-13-3-5-14(6-4-13)30-17-15-16(21-18(19)22-17)23(10-20-15)7-8-27-11-29(24,25)26/h3-6,10,12H,7-9,11H2,1-2H3,(H2,19,21,22)(H2,24,25,26). The fourth-order valence-corrected chi connectivity index (χ4v) is 3.74. The first-order chi connectivity index (χ1) is 14.2. The second kappa shape index (κ2) is 9.76. The van der Waals surface area contributed by atoms with Crippen LogP contribution in [0.1, 0.15) is 13.8 Å². The molecule has 0 saturated heterocycles. The molecule has 0 spiro atoms. The van der Waals surface area contributed by atoms with Crippen LogP contribution in [0.25, 0.3) is 11.2 Å². The number of hydrogen-bond donors (Lipinski definition) is 3. The van der Waals surface area contributed by atoms with Gasteiger partial charge in [0.2, 0.25) is 5.95 Å². The maximum atomic E-state index is 10.9. The van der Waals surface area contributed by atoms with Crippen LogP contribution >= 0.6 is 19.4 Å². The van der Waals surface area contributed by atoms with E-state index < -0.39 is 13.9 Å². The highest BCUT2D eigenvalue weighted by Gasteiger charge is 2.15. The summed E-state index contributed by atoms with van der Waals surface area (Å²) in [5.41, 5.74) is 7.00. The summed E-state index contributed by atoms with van der Waals surface area (Å²) in [6.45, 7) is 5.26. The van der Waals surface area contributed by atoms with Crippen molar-refractivity contribution in [1.29, 1.82) is 0 Å². The summed E-state index contributed by atoms with van der Waals surface area (Å²) < 4.78 is 23.3. The van der Waals surface area contributed by atoms with Gasteiger partial charge in [0, 0.05) is 11.4 Å². The van der Waals surface area contributed by atoms with Crippen LogP contribution in [0.5, 0.6) is 5.75 Å². The van der Waals surface area contributed by atoms with Crippen LogP contribution in [0.2, 0.25) is 0 Å². The zero-order valence-electron chi connectivity index (χ0n) is 16.6. The van der Waals surface area contributed by atoms with Gasteiger partial charge in [0.25, 0.3) is 0 Å². The van der Waals surface area contributed by atoms with E-state index in [0.717, 1.165) is 10.6 Å². The van der Waals surface area contributed by atoms with Gasteiger partial charge in [-0.2, -0.15) is 4.98 Å². The van der Waals surface area contributed by atoms with Crippen LogP contribution in [0, 0.1) is 5.92 Å². The number of nitrogens with zero attached hydrogens (tertiary/aromatic N) is 4. The Morgan fingerprint density at radius 2 is 1.97 bits per heavy atom. The topological polar surface area (TPSA) is 146 Å². The van der Waals surface area contributed by atoms with Crippen molar-refractivity contribution >= 4 is 36.5 Å². The highest BCUT2D eigenvalue weighted by atomic mass is 32.2. The van der Waals surface area contributed by atoms with Crippen molar-refractivity contribution < 1.29 is 23.8 Å². The SMILES string of the molecule is CC(C)COc1ccc(Sc2nc(N)nc3c2ncn3CCOCP(=O)(O)O)cc1. The lowest BCUT2D eigenvalue weighted by atomic mass is 10.2. The molecule has 0 bridgehead atoms. The molecule has 3 rings (SSSR count). The number of nitrogens with two attached hydrogens (primary N) is 1. The zero-order valence-corrected chi connectivity index (χ0v) is 18.3. The zero-order chi connectivity index (χ0) is 21.7. The van der Waals surface area contributed by atoms with E-state index in [4.69, 9.17) is 25.0 Å². The molecule has 2 heterocycles. The van der Waals surface area contributed by atoms with E-state index in [9.17, 15) is 4.57 Å². The minimum atomic E-state index is -4.19. The van der Waals surface area contributed by atoms with Gasteiger partial charge in [-0.05, 0) is 30.2 Å². The van der Waals surface area contributed by atoms with Crippen molar-refractivity contribution in [2.45, 2.75) is 30.3 Å². The van der Waals surface area contributed by atoms with Crippen LogP contribution in [0.3, 0.4) is 0 Å². The van der Waals surface area contributed by atoms with Crippen LogP contribution in [-0.4, -0.2) is 48.9 Å². The van der Waals surface area contributed by atoms with Crippen molar-refractivity contribution in [3.8, 4) is 5.75 Å². The largest absolute Gasteiger partial charge is 0.493 e. The van der Waals surface area contributed by atoms with E-state index in [1.807, 2.05) is 24.3 Å². The van der Waals surface area contributed by atoms with E-state index in [-0.39, 0.29) is 12.6 Å². The monoisotopic (exact) mass is 453 g/mol. The molecule has 3 aromatic rings. The first kappa shape index (κ1) is 22.5. The molecule has 12 heteroatoms. The fraction of sp³-hybridized carbons (Fsp3) is 0.389. The minimum Gasteiger partial charge on any atom is -0.493 e. The van der Waals surface area contributed by atoms with Crippen molar-refractivity contribution in [3.05, 3.63) is 30.6 Å². The Morgan fingerprint density at radius 1 is 1.23 bits per heavy atom. The molecule has 0 amide bonds. The Morgan fingerprint density at radius 3 is 2.63 bits per heavy atom. The molecule has 4 N–H and O–H groups in total. The normalized spacial score (nSPS) is 12.0. The maximum absolute atomic E-state index is 10.9. The summed E-state index contributed by atoms with van der Waals surface area (Å²) >= 11 is 1.41. The molecular weight excluding hydrogens is 429 g/mol. The average Bonchev–Trinajstić information content (AvgIpc) is 3.07. The Balaban J connectivity index is 1.72. The predicted molar refractivity (Wildman–Crippen MR) is 113 cm³/mol. The molecule has 0 saturated carbocycles. The van der Waals surface area contributed by atoms with E-state index in [1.165, 1.54) is 11.8 Å². The molecule has 0 radical (unpaired) electrons. The fourth-order valence-electron chi connectivity index (χ4n) is 2.49. The summed E-state index contributed by atoms with van der Waals surface area (Å²) in [5.74, 6) is 1.37. The quantitative estimate of drug-likeness (QED) is 0.238. The van der Waals surface area contributed by atoms with Gasteiger partial charge < -0.3 is 29.6 Å². The number of nitrogen functional groups attached to an aromatic ring is 1. The van der Waals surface area contributed by atoms with E-state index in [1.54, 1.807) is 10.9 Å². The van der Waals surface area contributed by atoms with Crippen molar-refractivity contribution in [1.82, 2.24) is 19.5 Å². The molecule has 30 heavy (non-hydrogen) atoms. The van der Waals surface area contributed by atoms with Crippen molar-refractivity contribution in [3.63, 3.8) is 0 Å². The molecule has 10 nitrogen and oxygen atoms in total. The van der Waals surface area contributed by atoms with E-state index in [2.05, 4.69) is 28.8 Å². The lowest BCUT2D eigenvalue weighted by Gasteiger charge is -2.09. The van der Waals surface area contributed by atoms with Crippen LogP contribution < -0.4 is 10.5 Å². The van der Waals surface area contributed by atoms with Gasteiger partial charge in [-0.1, -0.05) is 25.6 Å². The first-order valence-corrected chi connectivity index (χ1v) is 11.8. The Bertz CT molecular complexity index is 1040. The molecule has 2 aromatic heterocycles. The minimum absolute atomic E-state index is 0.0980. The van der Waals surface area contributed by atoms with Crippen LogP contribution in [-0.2, 0) is 15.8 Å². The van der Waals surface area contributed by atoms with Gasteiger partial charge in [-0.25, -0.2) is 9.97 Å². The van der Waals surface area contributed by atoms with Gasteiger partial charge in [-0.15, -0.1) is 0 Å². The third kappa shape index (κ3) is 6.41. The number of ether oxygens (including phenoxy) is 2. The molecule has 0 fully saturated rings. The third-order valence-corrected chi connectivity index (χ3v) is 5.31. The van der Waals surface area contributed by atoms with Gasteiger partial charge in [-0.3, -0.25) is 4.57 Å². The highest BCUT2D eigenvalue weighted by molar-refractivity contribution is 7.99. The molecular formula is C18H24N5O5PS. The summed E-state index contributed by atoms with van der Waals surface area (Å²) in [6.07, 6.45) is 0.946. The number of benzene rings is 1. The smallest absolute Gasteiger partial charge is 0.350 e. The number of imidazole rings is 1. The number of hydrogen-bond acceptors (Lipinski definition) is 8. The second-order valence-electron chi connectivity index (χ2n) is 6.98. The Kier molecular flexibility index (Phi) is 7.32. The summed E-state index contributed by atoms with van der Waals surface area (Å²) in [5, 5.41) is 0.614. The lowest BCUT2D eigenvalue weighted by molar-refractivity contribution is 0.149. The summed E-state index contributed by atoms with van der Waals surface area (Å²) in [7, 11) is -4.19. The first-order valence-electron chi connectivity index (χ1n) is 9.22. The molecule has 0 aliphatic heterocycles. The highest BCUT2D eigenvalue weighted by Crippen LogP contribution is 2.34. The molecule has 0 aliphatic rings. The molecule has 0 atom stereocenters.